The number of nitrogens with zero attached hydrogens (tertiary/aromatic N) is 2. The minimum Gasteiger partial charge on any atom is -0.285 e. The zero-order chi connectivity index (χ0) is 11.9. The van der Waals surface area contributed by atoms with Gasteiger partial charge < -0.3 is 0 Å². The SMILES string of the molecule is O=C1CC(S(=O)(=O)F)CN1c1n[nH]c(=S)s1. The van der Waals surface area contributed by atoms with Crippen molar-refractivity contribution in [3.63, 3.8) is 0 Å². The van der Waals surface area contributed by atoms with Crippen LogP contribution in [0.1, 0.15) is 6.42 Å². The number of aromatic amines is 1. The molecule has 0 aliphatic carbocycles. The summed E-state index contributed by atoms with van der Waals surface area (Å²) in [5.74, 6) is -0.469. The number of carbonyl (C=O) groups excluding carboxylic acids is 1. The monoisotopic (exact) mass is 283 g/mol. The summed E-state index contributed by atoms with van der Waals surface area (Å²) < 4.78 is 34.4. The summed E-state index contributed by atoms with van der Waals surface area (Å²) in [4.78, 5) is 12.6. The molecule has 16 heavy (non-hydrogen) atoms. The molecule has 1 aromatic heterocycles. The van der Waals surface area contributed by atoms with Gasteiger partial charge >= 0.3 is 10.2 Å². The molecule has 0 bridgehead atoms. The lowest BCUT2D eigenvalue weighted by molar-refractivity contribution is -0.117. The summed E-state index contributed by atoms with van der Waals surface area (Å²) >= 11 is 5.82. The van der Waals surface area contributed by atoms with Crippen molar-refractivity contribution < 1.29 is 17.1 Å². The van der Waals surface area contributed by atoms with Gasteiger partial charge in [0.15, 0.2) is 3.95 Å². The van der Waals surface area contributed by atoms with Crippen molar-refractivity contribution in [2.45, 2.75) is 11.7 Å². The number of rotatable bonds is 2. The first-order valence-corrected chi connectivity index (χ1v) is 6.84. The summed E-state index contributed by atoms with van der Waals surface area (Å²) in [6.45, 7) is -0.214. The maximum atomic E-state index is 12.7. The molecule has 0 spiro atoms. The second-order valence-electron chi connectivity index (χ2n) is 3.20. The molecule has 0 saturated carbocycles. The maximum Gasteiger partial charge on any atom is 0.307 e. The predicted octanol–water partition coefficient (Wildman–Crippen LogP) is 0.605. The highest BCUT2D eigenvalue weighted by Crippen LogP contribution is 2.26. The molecule has 1 unspecified atom stereocenters. The summed E-state index contributed by atoms with van der Waals surface area (Å²) in [6.07, 6.45) is -0.356. The number of anilines is 1. The van der Waals surface area contributed by atoms with Gasteiger partial charge in [0, 0.05) is 13.0 Å². The molecule has 2 rings (SSSR count). The summed E-state index contributed by atoms with van der Waals surface area (Å²) in [5.41, 5.74) is 0. The maximum absolute atomic E-state index is 12.7. The molecule has 10 heteroatoms. The number of halogens is 1. The highest BCUT2D eigenvalue weighted by molar-refractivity contribution is 7.87. The molecule has 6 nitrogen and oxygen atoms in total. The average Bonchev–Trinajstić information content (AvgIpc) is 2.70. The van der Waals surface area contributed by atoms with E-state index in [-0.39, 0.29) is 18.1 Å². The first kappa shape index (κ1) is 11.6. The van der Waals surface area contributed by atoms with Crippen molar-refractivity contribution in [2.24, 2.45) is 0 Å². The lowest BCUT2D eigenvalue weighted by atomic mass is 10.4. The molecule has 0 aromatic carbocycles. The summed E-state index contributed by atoms with van der Waals surface area (Å²) in [5, 5.41) is 5.16. The number of aromatic nitrogens is 2. The molecule has 1 aliphatic rings. The highest BCUT2D eigenvalue weighted by atomic mass is 32.3. The predicted molar refractivity (Wildman–Crippen MR) is 58.1 cm³/mol. The lowest BCUT2D eigenvalue weighted by Gasteiger charge is -2.10. The van der Waals surface area contributed by atoms with Gasteiger partial charge in [-0.3, -0.25) is 14.8 Å². The van der Waals surface area contributed by atoms with Crippen molar-refractivity contribution in [1.82, 2.24) is 10.2 Å². The third kappa shape index (κ3) is 2.13. The fourth-order valence-electron chi connectivity index (χ4n) is 1.39. The van der Waals surface area contributed by atoms with Crippen LogP contribution in [0.15, 0.2) is 0 Å². The Labute approximate surface area is 99.3 Å². The van der Waals surface area contributed by atoms with E-state index in [9.17, 15) is 17.1 Å². The van der Waals surface area contributed by atoms with Crippen LogP contribution < -0.4 is 4.90 Å². The van der Waals surface area contributed by atoms with Crippen molar-refractivity contribution in [3.8, 4) is 0 Å². The summed E-state index contributed by atoms with van der Waals surface area (Å²) in [6, 6.07) is 0. The number of H-pyrrole nitrogens is 1. The molecule has 1 atom stereocenters. The second kappa shape index (κ2) is 3.86. The molecule has 1 fully saturated rings. The van der Waals surface area contributed by atoms with Crippen LogP contribution in [-0.2, 0) is 15.0 Å². The molecule has 88 valence electrons. The van der Waals surface area contributed by atoms with Crippen LogP contribution in [0.25, 0.3) is 0 Å². The standard InChI is InChI=1S/C6H6FN3O3S3/c7-16(12,13)3-1-4(11)10(2-3)5-8-9-6(14)15-5/h3H,1-2H2,(H,9,14). The molecule has 1 saturated heterocycles. The molecule has 1 aliphatic heterocycles. The fourth-order valence-corrected chi connectivity index (χ4v) is 2.96. The van der Waals surface area contributed by atoms with E-state index < -0.39 is 21.4 Å². The van der Waals surface area contributed by atoms with Crippen LogP contribution >= 0.6 is 23.6 Å². The Kier molecular flexibility index (Phi) is 2.80. The van der Waals surface area contributed by atoms with Crippen molar-refractivity contribution in [3.05, 3.63) is 3.95 Å². The van der Waals surface area contributed by atoms with E-state index >= 15 is 0 Å². The Morgan fingerprint density at radius 3 is 2.75 bits per heavy atom. The average molecular weight is 283 g/mol. The van der Waals surface area contributed by atoms with Crippen LogP contribution in [0.3, 0.4) is 0 Å². The van der Waals surface area contributed by atoms with Gasteiger partial charge in [-0.25, -0.2) is 0 Å². The van der Waals surface area contributed by atoms with Crippen LogP contribution in [-0.4, -0.2) is 36.3 Å². The van der Waals surface area contributed by atoms with Crippen molar-refractivity contribution in [2.75, 3.05) is 11.4 Å². The third-order valence-electron chi connectivity index (χ3n) is 2.15. The van der Waals surface area contributed by atoms with E-state index in [4.69, 9.17) is 12.2 Å². The Bertz CT molecular complexity index is 577. The number of amides is 1. The zero-order valence-corrected chi connectivity index (χ0v) is 10.2. The quantitative estimate of drug-likeness (QED) is 0.635. The first-order valence-electron chi connectivity index (χ1n) is 4.17. The summed E-state index contributed by atoms with van der Waals surface area (Å²) in [7, 11) is -4.69. The molecule has 0 radical (unpaired) electrons. The van der Waals surface area contributed by atoms with Crippen LogP contribution in [0.5, 0.6) is 0 Å². The van der Waals surface area contributed by atoms with Crippen LogP contribution in [0, 0.1) is 3.95 Å². The van der Waals surface area contributed by atoms with Gasteiger partial charge in [0.2, 0.25) is 11.0 Å². The minimum absolute atomic E-state index is 0.214. The van der Waals surface area contributed by atoms with Gasteiger partial charge in [0.05, 0.1) is 0 Å². The van der Waals surface area contributed by atoms with E-state index in [0.717, 1.165) is 16.2 Å². The largest absolute Gasteiger partial charge is 0.307 e. The van der Waals surface area contributed by atoms with Gasteiger partial charge in [-0.15, -0.1) is 8.98 Å². The lowest BCUT2D eigenvalue weighted by Crippen LogP contribution is -2.26. The third-order valence-corrected chi connectivity index (χ3v) is 4.37. The van der Waals surface area contributed by atoms with Gasteiger partial charge in [-0.1, -0.05) is 11.3 Å². The van der Waals surface area contributed by atoms with Gasteiger partial charge in [0.1, 0.15) is 5.25 Å². The highest BCUT2D eigenvalue weighted by Gasteiger charge is 2.40. The molecule has 1 N–H and O–H groups in total. The van der Waals surface area contributed by atoms with E-state index in [1.165, 1.54) is 0 Å². The molecule has 2 heterocycles. The van der Waals surface area contributed by atoms with E-state index in [1.54, 1.807) is 0 Å². The Morgan fingerprint density at radius 2 is 2.31 bits per heavy atom. The Balaban J connectivity index is 2.27. The normalized spacial score (nSPS) is 21.7. The van der Waals surface area contributed by atoms with Crippen molar-refractivity contribution >= 4 is 44.8 Å². The van der Waals surface area contributed by atoms with E-state index in [1.807, 2.05) is 0 Å². The first-order chi connectivity index (χ1) is 7.38. The zero-order valence-electron chi connectivity index (χ0n) is 7.71. The number of hydrogen-bond acceptors (Lipinski definition) is 6. The second-order valence-corrected chi connectivity index (χ2v) is 6.46. The Hall–Kier alpha value is -0.870. The number of nitrogens with one attached hydrogen (secondary N) is 1. The Morgan fingerprint density at radius 1 is 1.62 bits per heavy atom. The fraction of sp³-hybridized carbons (Fsp3) is 0.500. The topological polar surface area (TPSA) is 83.1 Å². The molecule has 1 amide bonds. The van der Waals surface area contributed by atoms with Crippen LogP contribution in [0.2, 0.25) is 0 Å². The van der Waals surface area contributed by atoms with Gasteiger partial charge in [0.25, 0.3) is 0 Å². The molecular weight excluding hydrogens is 277 g/mol. The number of carbonyl (C=O) groups is 1. The minimum atomic E-state index is -4.69. The number of hydrogen-bond donors (Lipinski definition) is 1. The smallest absolute Gasteiger partial charge is 0.285 e. The molecular formula is C6H6FN3O3S3. The molecule has 1 aromatic rings. The van der Waals surface area contributed by atoms with Gasteiger partial charge in [-0.05, 0) is 12.2 Å². The van der Waals surface area contributed by atoms with Crippen molar-refractivity contribution in [1.29, 1.82) is 0 Å². The van der Waals surface area contributed by atoms with Crippen LogP contribution in [0.4, 0.5) is 9.02 Å². The van der Waals surface area contributed by atoms with E-state index in [0.29, 0.717) is 3.95 Å². The van der Waals surface area contributed by atoms with Gasteiger partial charge in [-0.2, -0.15) is 8.42 Å². The van der Waals surface area contributed by atoms with E-state index in [2.05, 4.69) is 10.2 Å².